The molecule has 0 aliphatic rings. The Morgan fingerprint density at radius 2 is 2.23 bits per heavy atom. The first kappa shape index (κ1) is 17.7. The van der Waals surface area contributed by atoms with Crippen LogP contribution in [0, 0.1) is 6.92 Å². The van der Waals surface area contributed by atoms with Gasteiger partial charge in [-0.15, -0.1) is 11.3 Å². The van der Waals surface area contributed by atoms with E-state index in [1.165, 1.54) is 18.5 Å². The van der Waals surface area contributed by atoms with Crippen LogP contribution in [0.5, 0.6) is 0 Å². The van der Waals surface area contributed by atoms with E-state index in [0.29, 0.717) is 10.2 Å². The third-order valence-electron chi connectivity index (χ3n) is 3.09. The fraction of sp³-hybridized carbons (Fsp3) is 0.133. The Balaban J connectivity index is 1.76. The van der Waals surface area contributed by atoms with Gasteiger partial charge in [0.25, 0.3) is 5.91 Å². The van der Waals surface area contributed by atoms with E-state index in [9.17, 15) is 18.0 Å². The Morgan fingerprint density at radius 1 is 1.42 bits per heavy atom. The van der Waals surface area contributed by atoms with Gasteiger partial charge in [0.2, 0.25) is 5.13 Å². The van der Waals surface area contributed by atoms with Crippen LogP contribution < -0.4 is 5.43 Å². The number of aromatic nitrogens is 4. The Kier molecular flexibility index (Phi) is 4.80. The topological polar surface area (TPSA) is 85.1 Å². The quantitative estimate of drug-likeness (QED) is 0.557. The molecule has 3 aromatic heterocycles. The third-order valence-corrected chi connectivity index (χ3v) is 3.91. The van der Waals surface area contributed by atoms with Crippen LogP contribution in [0.4, 0.5) is 13.2 Å². The number of thiazole rings is 1. The highest BCUT2D eigenvalue weighted by molar-refractivity contribution is 7.12. The first-order valence-electron chi connectivity index (χ1n) is 7.18. The number of carbonyl (C=O) groups is 1. The zero-order valence-electron chi connectivity index (χ0n) is 13.2. The summed E-state index contributed by atoms with van der Waals surface area (Å²) < 4.78 is 39.8. The summed E-state index contributed by atoms with van der Waals surface area (Å²) in [5, 5.41) is 8.83. The molecule has 3 heterocycles. The van der Waals surface area contributed by atoms with Crippen LogP contribution in [-0.4, -0.2) is 31.9 Å². The summed E-state index contributed by atoms with van der Waals surface area (Å²) in [4.78, 5) is 19.8. The molecule has 11 heteroatoms. The molecule has 0 fully saturated rings. The molecule has 0 bridgehead atoms. The predicted molar refractivity (Wildman–Crippen MR) is 88.3 cm³/mol. The van der Waals surface area contributed by atoms with Gasteiger partial charge >= 0.3 is 6.18 Å². The van der Waals surface area contributed by atoms with Gasteiger partial charge in [0.1, 0.15) is 5.69 Å². The molecule has 0 aliphatic carbocycles. The van der Waals surface area contributed by atoms with Gasteiger partial charge in [0, 0.05) is 23.3 Å². The highest BCUT2D eigenvalue weighted by Crippen LogP contribution is 2.32. The van der Waals surface area contributed by atoms with E-state index in [-0.39, 0.29) is 16.5 Å². The molecule has 1 N–H and O–H groups in total. The standard InChI is InChI=1S/C15H11F3N6OS/c1-9-5-12(15(16,17)18)24(23-9)14-21-11(8-26-14)13(25)22-20-7-10-3-2-4-19-6-10/h2-8H,1H3,(H,22,25). The van der Waals surface area contributed by atoms with E-state index in [1.54, 1.807) is 24.5 Å². The number of carbonyl (C=O) groups excluding carboxylic acids is 1. The van der Waals surface area contributed by atoms with E-state index in [0.717, 1.165) is 17.4 Å². The average molecular weight is 380 g/mol. The number of alkyl halides is 3. The summed E-state index contributed by atoms with van der Waals surface area (Å²) in [5.74, 6) is -0.648. The molecule has 3 rings (SSSR count). The highest BCUT2D eigenvalue weighted by atomic mass is 32.1. The SMILES string of the molecule is Cc1cc(C(F)(F)F)n(-c2nc(C(=O)NN=Cc3cccnc3)cs2)n1. The van der Waals surface area contributed by atoms with Crippen LogP contribution in [0.1, 0.15) is 27.4 Å². The summed E-state index contributed by atoms with van der Waals surface area (Å²) in [6, 6.07) is 4.36. The van der Waals surface area contributed by atoms with E-state index in [2.05, 4.69) is 25.6 Å². The van der Waals surface area contributed by atoms with Crippen molar-refractivity contribution in [2.75, 3.05) is 0 Å². The lowest BCUT2D eigenvalue weighted by atomic mass is 10.3. The van der Waals surface area contributed by atoms with Crippen molar-refractivity contribution in [1.82, 2.24) is 25.2 Å². The molecule has 0 radical (unpaired) electrons. The third kappa shape index (κ3) is 3.94. The van der Waals surface area contributed by atoms with Crippen LogP contribution in [0.15, 0.2) is 41.1 Å². The molecule has 0 aromatic carbocycles. The van der Waals surface area contributed by atoms with Crippen molar-refractivity contribution in [2.24, 2.45) is 5.10 Å². The number of nitrogens with one attached hydrogen (secondary N) is 1. The van der Waals surface area contributed by atoms with Crippen molar-refractivity contribution in [1.29, 1.82) is 0 Å². The second-order valence-corrected chi connectivity index (χ2v) is 5.92. The van der Waals surface area contributed by atoms with Gasteiger partial charge in [-0.25, -0.2) is 15.1 Å². The summed E-state index contributed by atoms with van der Waals surface area (Å²) >= 11 is 0.871. The monoisotopic (exact) mass is 380 g/mol. The van der Waals surface area contributed by atoms with Gasteiger partial charge in [-0.1, -0.05) is 6.07 Å². The fourth-order valence-corrected chi connectivity index (χ4v) is 2.75. The van der Waals surface area contributed by atoms with Crippen molar-refractivity contribution in [3.63, 3.8) is 0 Å². The number of rotatable bonds is 4. The average Bonchev–Trinajstić information content (AvgIpc) is 3.22. The molecule has 3 aromatic rings. The number of hydrogen-bond acceptors (Lipinski definition) is 6. The highest BCUT2D eigenvalue weighted by Gasteiger charge is 2.36. The largest absolute Gasteiger partial charge is 0.433 e. The van der Waals surface area contributed by atoms with Crippen LogP contribution in [0.2, 0.25) is 0 Å². The number of aryl methyl sites for hydroxylation is 1. The van der Waals surface area contributed by atoms with Crippen molar-refractivity contribution < 1.29 is 18.0 Å². The van der Waals surface area contributed by atoms with Gasteiger partial charge in [0.05, 0.1) is 11.9 Å². The first-order chi connectivity index (χ1) is 12.3. The van der Waals surface area contributed by atoms with Crippen molar-refractivity contribution in [2.45, 2.75) is 13.1 Å². The minimum Gasteiger partial charge on any atom is -0.266 e. The summed E-state index contributed by atoms with van der Waals surface area (Å²) in [6.45, 7) is 1.44. The Labute approximate surface area is 149 Å². The van der Waals surface area contributed by atoms with E-state index in [1.807, 2.05) is 0 Å². The number of hydrazone groups is 1. The molecule has 0 atom stereocenters. The number of amides is 1. The number of halogens is 3. The van der Waals surface area contributed by atoms with Crippen LogP contribution in [0.25, 0.3) is 5.13 Å². The summed E-state index contributed by atoms with van der Waals surface area (Å²) in [5.41, 5.74) is 2.11. The lowest BCUT2D eigenvalue weighted by molar-refractivity contribution is -0.142. The van der Waals surface area contributed by atoms with E-state index in [4.69, 9.17) is 0 Å². The summed E-state index contributed by atoms with van der Waals surface area (Å²) in [6.07, 6.45) is -0.0472. The molecule has 0 saturated heterocycles. The zero-order chi connectivity index (χ0) is 18.7. The second kappa shape index (κ2) is 7.04. The fourth-order valence-electron chi connectivity index (χ4n) is 1.99. The maximum absolute atomic E-state index is 13.1. The molecule has 1 amide bonds. The lowest BCUT2D eigenvalue weighted by Crippen LogP contribution is -2.18. The maximum Gasteiger partial charge on any atom is 0.433 e. The second-order valence-electron chi connectivity index (χ2n) is 5.08. The number of hydrogen-bond donors (Lipinski definition) is 1. The van der Waals surface area contributed by atoms with E-state index >= 15 is 0 Å². The number of pyridine rings is 1. The van der Waals surface area contributed by atoms with Crippen molar-refractivity contribution in [3.05, 3.63) is 58.6 Å². The lowest BCUT2D eigenvalue weighted by Gasteiger charge is -2.07. The van der Waals surface area contributed by atoms with Gasteiger partial charge < -0.3 is 0 Å². The van der Waals surface area contributed by atoms with Gasteiger partial charge in [-0.3, -0.25) is 9.78 Å². The van der Waals surface area contributed by atoms with Gasteiger partial charge in [0.15, 0.2) is 5.69 Å². The van der Waals surface area contributed by atoms with Crippen molar-refractivity contribution in [3.8, 4) is 5.13 Å². The molecule has 134 valence electrons. The van der Waals surface area contributed by atoms with Crippen LogP contribution in [0.3, 0.4) is 0 Å². The summed E-state index contributed by atoms with van der Waals surface area (Å²) in [7, 11) is 0. The molecule has 26 heavy (non-hydrogen) atoms. The molecule has 0 aliphatic heterocycles. The predicted octanol–water partition coefficient (Wildman–Crippen LogP) is 2.81. The van der Waals surface area contributed by atoms with Crippen molar-refractivity contribution >= 4 is 23.5 Å². The Bertz CT molecular complexity index is 948. The molecular formula is C15H11F3N6OS. The molecule has 7 nitrogen and oxygen atoms in total. The normalized spacial score (nSPS) is 11.8. The smallest absolute Gasteiger partial charge is 0.266 e. The molecule has 0 saturated carbocycles. The molecule has 0 unspecified atom stereocenters. The van der Waals surface area contributed by atoms with Gasteiger partial charge in [-0.05, 0) is 19.1 Å². The first-order valence-corrected chi connectivity index (χ1v) is 8.06. The minimum absolute atomic E-state index is 0.0605. The Morgan fingerprint density at radius 3 is 2.92 bits per heavy atom. The van der Waals surface area contributed by atoms with Gasteiger partial charge in [-0.2, -0.15) is 23.4 Å². The molecular weight excluding hydrogens is 369 g/mol. The van der Waals surface area contributed by atoms with E-state index < -0.39 is 17.8 Å². The maximum atomic E-state index is 13.1. The van der Waals surface area contributed by atoms with Crippen LogP contribution >= 0.6 is 11.3 Å². The zero-order valence-corrected chi connectivity index (χ0v) is 14.0. The molecule has 0 spiro atoms. The minimum atomic E-state index is -4.58. The Hall–Kier alpha value is -3.08. The van der Waals surface area contributed by atoms with Crippen LogP contribution in [-0.2, 0) is 6.18 Å². The number of nitrogens with zero attached hydrogens (tertiary/aromatic N) is 5.